The molecule has 0 heterocycles. The van der Waals surface area contributed by atoms with Crippen molar-refractivity contribution in [2.45, 2.75) is 33.6 Å². The summed E-state index contributed by atoms with van der Waals surface area (Å²) in [4.78, 5) is 0. The van der Waals surface area contributed by atoms with E-state index < -0.39 is 0 Å². The molecule has 0 aliphatic heterocycles. The lowest BCUT2D eigenvalue weighted by molar-refractivity contribution is 0.128. The van der Waals surface area contributed by atoms with Crippen LogP contribution < -0.4 is 5.32 Å². The van der Waals surface area contributed by atoms with Crippen LogP contribution in [-0.2, 0) is 4.74 Å². The zero-order valence-electron chi connectivity index (χ0n) is 9.81. The van der Waals surface area contributed by atoms with E-state index in [1.807, 2.05) is 13.8 Å². The molecular weight excluding hydrogens is 178 g/mol. The van der Waals surface area contributed by atoms with Crippen LogP contribution in [0, 0.1) is 5.41 Å². The molecule has 0 saturated heterocycles. The molecule has 0 aromatic carbocycles. The predicted molar refractivity (Wildman–Crippen MR) is 59.5 cm³/mol. The molecule has 14 heavy (non-hydrogen) atoms. The van der Waals surface area contributed by atoms with Crippen molar-refractivity contribution in [3.05, 3.63) is 0 Å². The highest BCUT2D eigenvalue weighted by Gasteiger charge is 2.14. The minimum absolute atomic E-state index is 0.00965. The Hall–Kier alpha value is -0.120. The van der Waals surface area contributed by atoms with E-state index in [0.717, 1.165) is 39.1 Å². The molecule has 3 heteroatoms. The summed E-state index contributed by atoms with van der Waals surface area (Å²) in [6.07, 6.45) is 2.13. The lowest BCUT2D eigenvalue weighted by atomic mass is 9.95. The molecule has 0 radical (unpaired) electrons. The summed E-state index contributed by atoms with van der Waals surface area (Å²) < 4.78 is 5.35. The van der Waals surface area contributed by atoms with E-state index in [0.29, 0.717) is 0 Å². The Morgan fingerprint density at radius 3 is 2.57 bits per heavy atom. The highest BCUT2D eigenvalue weighted by atomic mass is 16.5. The fourth-order valence-electron chi connectivity index (χ4n) is 1.03. The number of aliphatic hydroxyl groups excluding tert-OH is 1. The van der Waals surface area contributed by atoms with Crippen molar-refractivity contribution < 1.29 is 9.84 Å². The fraction of sp³-hybridized carbons (Fsp3) is 1.00. The summed E-state index contributed by atoms with van der Waals surface area (Å²) in [5, 5.41) is 12.3. The number of hydrogen-bond acceptors (Lipinski definition) is 3. The van der Waals surface area contributed by atoms with Gasteiger partial charge in [-0.05, 0) is 19.4 Å². The monoisotopic (exact) mass is 203 g/mol. The summed E-state index contributed by atoms with van der Waals surface area (Å²) >= 11 is 0. The summed E-state index contributed by atoms with van der Waals surface area (Å²) in [6, 6.07) is 0. The zero-order chi connectivity index (χ0) is 10.9. The summed E-state index contributed by atoms with van der Waals surface area (Å²) in [5.74, 6) is 0. The second-order valence-electron chi connectivity index (χ2n) is 4.47. The van der Waals surface area contributed by atoms with Crippen LogP contribution in [0.15, 0.2) is 0 Å². The van der Waals surface area contributed by atoms with Gasteiger partial charge in [0.2, 0.25) is 0 Å². The van der Waals surface area contributed by atoms with Gasteiger partial charge in [0, 0.05) is 31.8 Å². The van der Waals surface area contributed by atoms with Gasteiger partial charge in [-0.15, -0.1) is 0 Å². The Labute approximate surface area is 87.8 Å². The quantitative estimate of drug-likeness (QED) is 0.557. The first-order valence-corrected chi connectivity index (χ1v) is 5.51. The standard InChI is InChI=1S/C11H25NO2/c1-4-7-14-8-5-6-12-9-11(2,3)10-13/h12-13H,4-10H2,1-3H3. The molecule has 0 aromatic heterocycles. The molecule has 86 valence electrons. The molecule has 3 nitrogen and oxygen atoms in total. The van der Waals surface area contributed by atoms with Crippen molar-refractivity contribution in [3.63, 3.8) is 0 Å². The average molecular weight is 203 g/mol. The fourth-order valence-corrected chi connectivity index (χ4v) is 1.03. The van der Waals surface area contributed by atoms with Crippen LogP contribution in [0.1, 0.15) is 33.6 Å². The lowest BCUT2D eigenvalue weighted by Gasteiger charge is -2.21. The van der Waals surface area contributed by atoms with Crippen molar-refractivity contribution in [2.75, 3.05) is 32.9 Å². The van der Waals surface area contributed by atoms with Crippen LogP contribution in [-0.4, -0.2) is 38.0 Å². The van der Waals surface area contributed by atoms with Gasteiger partial charge in [0.15, 0.2) is 0 Å². The Kier molecular flexibility index (Phi) is 8.14. The predicted octanol–water partition coefficient (Wildman–Crippen LogP) is 1.41. The average Bonchev–Trinajstić information content (AvgIpc) is 2.16. The molecule has 0 aliphatic rings. The minimum atomic E-state index is -0.00965. The maximum absolute atomic E-state index is 9.00. The summed E-state index contributed by atoms with van der Waals surface area (Å²) in [7, 11) is 0. The van der Waals surface area contributed by atoms with E-state index in [1.54, 1.807) is 0 Å². The van der Waals surface area contributed by atoms with Gasteiger partial charge in [0.1, 0.15) is 0 Å². The van der Waals surface area contributed by atoms with E-state index >= 15 is 0 Å². The van der Waals surface area contributed by atoms with Crippen LogP contribution in [0.5, 0.6) is 0 Å². The number of ether oxygens (including phenoxy) is 1. The van der Waals surface area contributed by atoms with E-state index in [4.69, 9.17) is 9.84 Å². The maximum atomic E-state index is 9.00. The largest absolute Gasteiger partial charge is 0.396 e. The SMILES string of the molecule is CCCOCCCNCC(C)(C)CO. The normalized spacial score (nSPS) is 12.0. The molecule has 0 bridgehead atoms. The van der Waals surface area contributed by atoms with Crippen molar-refractivity contribution in [3.8, 4) is 0 Å². The lowest BCUT2D eigenvalue weighted by Crippen LogP contribution is -2.33. The number of aliphatic hydroxyl groups is 1. The third-order valence-corrected chi connectivity index (χ3v) is 2.02. The van der Waals surface area contributed by atoms with Crippen molar-refractivity contribution in [1.82, 2.24) is 5.32 Å². The van der Waals surface area contributed by atoms with Crippen LogP contribution in [0.2, 0.25) is 0 Å². The maximum Gasteiger partial charge on any atom is 0.0494 e. The molecule has 0 unspecified atom stereocenters. The Balaban J connectivity index is 3.13. The Morgan fingerprint density at radius 1 is 1.29 bits per heavy atom. The minimum Gasteiger partial charge on any atom is -0.396 e. The molecule has 0 aromatic rings. The highest BCUT2D eigenvalue weighted by Crippen LogP contribution is 2.10. The highest BCUT2D eigenvalue weighted by molar-refractivity contribution is 4.69. The molecule has 0 amide bonds. The van der Waals surface area contributed by atoms with E-state index in [1.165, 1.54) is 0 Å². The molecule has 0 saturated carbocycles. The molecular formula is C11H25NO2. The molecule has 0 spiro atoms. The van der Waals surface area contributed by atoms with Gasteiger partial charge in [-0.1, -0.05) is 20.8 Å². The molecule has 0 rings (SSSR count). The van der Waals surface area contributed by atoms with Gasteiger partial charge in [-0.3, -0.25) is 0 Å². The second-order valence-corrected chi connectivity index (χ2v) is 4.47. The van der Waals surface area contributed by atoms with Gasteiger partial charge in [0.05, 0.1) is 0 Å². The van der Waals surface area contributed by atoms with Crippen molar-refractivity contribution >= 4 is 0 Å². The molecule has 0 atom stereocenters. The molecule has 0 fully saturated rings. The smallest absolute Gasteiger partial charge is 0.0494 e. The van der Waals surface area contributed by atoms with Crippen molar-refractivity contribution in [2.24, 2.45) is 5.41 Å². The first-order chi connectivity index (χ1) is 6.62. The number of rotatable bonds is 9. The van der Waals surface area contributed by atoms with Crippen molar-refractivity contribution in [1.29, 1.82) is 0 Å². The molecule has 2 N–H and O–H groups in total. The van der Waals surface area contributed by atoms with Crippen LogP contribution in [0.4, 0.5) is 0 Å². The molecule has 0 aliphatic carbocycles. The first-order valence-electron chi connectivity index (χ1n) is 5.51. The van der Waals surface area contributed by atoms with Gasteiger partial charge >= 0.3 is 0 Å². The second kappa shape index (κ2) is 8.21. The summed E-state index contributed by atoms with van der Waals surface area (Å²) in [5.41, 5.74) is -0.00965. The van der Waals surface area contributed by atoms with Crippen LogP contribution in [0.25, 0.3) is 0 Å². The van der Waals surface area contributed by atoms with E-state index in [2.05, 4.69) is 12.2 Å². The topological polar surface area (TPSA) is 41.5 Å². The third kappa shape index (κ3) is 8.48. The van der Waals surface area contributed by atoms with E-state index in [9.17, 15) is 0 Å². The summed E-state index contributed by atoms with van der Waals surface area (Å²) in [6.45, 7) is 9.96. The van der Waals surface area contributed by atoms with Gasteiger partial charge in [-0.25, -0.2) is 0 Å². The Bertz CT molecular complexity index is 126. The number of hydrogen-bond donors (Lipinski definition) is 2. The zero-order valence-corrected chi connectivity index (χ0v) is 9.81. The third-order valence-electron chi connectivity index (χ3n) is 2.02. The van der Waals surface area contributed by atoms with Gasteiger partial charge in [0.25, 0.3) is 0 Å². The number of nitrogens with one attached hydrogen (secondary N) is 1. The van der Waals surface area contributed by atoms with Gasteiger partial charge in [-0.2, -0.15) is 0 Å². The first kappa shape index (κ1) is 13.9. The van der Waals surface area contributed by atoms with Crippen LogP contribution in [0.3, 0.4) is 0 Å². The van der Waals surface area contributed by atoms with Gasteiger partial charge < -0.3 is 15.2 Å². The van der Waals surface area contributed by atoms with Crippen LogP contribution >= 0.6 is 0 Å². The Morgan fingerprint density at radius 2 is 2.00 bits per heavy atom. The van der Waals surface area contributed by atoms with E-state index in [-0.39, 0.29) is 12.0 Å².